The number of carbonyl (C=O) groups excluding carboxylic acids is 1. The molecule has 0 bridgehead atoms. The molecule has 2 heterocycles. The summed E-state index contributed by atoms with van der Waals surface area (Å²) >= 11 is 0. The Labute approximate surface area is 169 Å². The number of aromatic nitrogens is 2. The van der Waals surface area contributed by atoms with Crippen molar-refractivity contribution in [1.82, 2.24) is 9.97 Å². The average molecular weight is 410 g/mol. The van der Waals surface area contributed by atoms with E-state index in [1.807, 2.05) is 36.1 Å². The standard InChI is InChI=1S/C21H22N4O3S/c1-14(15-5-3-6-16(11-15)25-10-4-7-20(25)26)24-21-18-12-17(29(2,27)28)8-9-19(18)22-13-23-21/h3,5-6,8-9,11-14H,4,7,10H2,1-2H3,(H,22,23,24). The normalized spacial score (nSPS) is 15.7. The van der Waals surface area contributed by atoms with Crippen molar-refractivity contribution in [3.63, 3.8) is 0 Å². The van der Waals surface area contributed by atoms with E-state index in [9.17, 15) is 13.2 Å². The molecule has 8 heteroatoms. The quantitative estimate of drug-likeness (QED) is 0.694. The first-order valence-corrected chi connectivity index (χ1v) is 11.3. The molecule has 150 valence electrons. The predicted octanol–water partition coefficient (Wildman–Crippen LogP) is 3.33. The van der Waals surface area contributed by atoms with E-state index in [1.165, 1.54) is 12.6 Å². The molecule has 0 saturated carbocycles. The van der Waals surface area contributed by atoms with Crippen molar-refractivity contribution < 1.29 is 13.2 Å². The number of hydrogen-bond acceptors (Lipinski definition) is 6. The number of carbonyl (C=O) groups is 1. The summed E-state index contributed by atoms with van der Waals surface area (Å²) in [5.41, 5.74) is 2.57. The van der Waals surface area contributed by atoms with Crippen LogP contribution in [0.5, 0.6) is 0 Å². The van der Waals surface area contributed by atoms with Gasteiger partial charge in [-0.3, -0.25) is 4.79 Å². The molecule has 29 heavy (non-hydrogen) atoms. The maximum absolute atomic E-state index is 12.1. The van der Waals surface area contributed by atoms with Crippen LogP contribution in [0.25, 0.3) is 10.9 Å². The molecule has 1 saturated heterocycles. The maximum atomic E-state index is 12.1. The first-order valence-electron chi connectivity index (χ1n) is 9.44. The third-order valence-electron chi connectivity index (χ3n) is 5.14. The van der Waals surface area contributed by atoms with Gasteiger partial charge in [0.1, 0.15) is 12.1 Å². The zero-order valence-electron chi connectivity index (χ0n) is 16.3. The van der Waals surface area contributed by atoms with E-state index in [1.54, 1.807) is 18.2 Å². The molecule has 1 aliphatic rings. The fourth-order valence-corrected chi connectivity index (χ4v) is 4.20. The highest BCUT2D eigenvalue weighted by Gasteiger charge is 2.22. The highest BCUT2D eigenvalue weighted by molar-refractivity contribution is 7.90. The minimum Gasteiger partial charge on any atom is -0.363 e. The lowest BCUT2D eigenvalue weighted by Gasteiger charge is -2.20. The van der Waals surface area contributed by atoms with Crippen LogP contribution in [0, 0.1) is 0 Å². The summed E-state index contributed by atoms with van der Waals surface area (Å²) in [5.74, 6) is 0.716. The Morgan fingerprint density at radius 1 is 1.14 bits per heavy atom. The molecule has 1 atom stereocenters. The lowest BCUT2D eigenvalue weighted by molar-refractivity contribution is -0.117. The highest BCUT2D eigenvalue weighted by atomic mass is 32.2. The Morgan fingerprint density at radius 2 is 1.97 bits per heavy atom. The highest BCUT2D eigenvalue weighted by Crippen LogP contribution is 2.29. The summed E-state index contributed by atoms with van der Waals surface area (Å²) in [7, 11) is -3.33. The molecule has 1 fully saturated rings. The van der Waals surface area contributed by atoms with Crippen molar-refractivity contribution in [2.24, 2.45) is 0 Å². The first-order chi connectivity index (χ1) is 13.8. The van der Waals surface area contributed by atoms with Crippen molar-refractivity contribution >= 4 is 38.2 Å². The van der Waals surface area contributed by atoms with Gasteiger partial charge in [0.05, 0.1) is 16.5 Å². The summed E-state index contributed by atoms with van der Waals surface area (Å²) in [6.07, 6.45) is 4.11. The minimum atomic E-state index is -3.33. The van der Waals surface area contributed by atoms with Gasteiger partial charge in [-0.15, -0.1) is 0 Å². The Hall–Kier alpha value is -3.00. The SMILES string of the molecule is CC(Nc1ncnc2ccc(S(C)(=O)=O)cc12)c1cccc(N2CCCC2=O)c1. The van der Waals surface area contributed by atoms with Crippen LogP contribution in [0.3, 0.4) is 0 Å². The zero-order valence-corrected chi connectivity index (χ0v) is 17.1. The molecule has 0 radical (unpaired) electrons. The predicted molar refractivity (Wildman–Crippen MR) is 113 cm³/mol. The van der Waals surface area contributed by atoms with E-state index < -0.39 is 9.84 Å². The molecule has 1 aliphatic heterocycles. The molecule has 0 aliphatic carbocycles. The van der Waals surface area contributed by atoms with Crippen molar-refractivity contribution in [2.45, 2.75) is 30.7 Å². The summed E-state index contributed by atoms with van der Waals surface area (Å²) < 4.78 is 23.9. The lowest BCUT2D eigenvalue weighted by atomic mass is 10.1. The van der Waals surface area contributed by atoms with Gasteiger partial charge in [-0.2, -0.15) is 0 Å². The monoisotopic (exact) mass is 410 g/mol. The van der Waals surface area contributed by atoms with E-state index >= 15 is 0 Å². The van der Waals surface area contributed by atoms with Gasteiger partial charge in [0.15, 0.2) is 9.84 Å². The van der Waals surface area contributed by atoms with Gasteiger partial charge in [-0.25, -0.2) is 18.4 Å². The summed E-state index contributed by atoms with van der Waals surface area (Å²) in [6, 6.07) is 12.6. The number of hydrogen-bond donors (Lipinski definition) is 1. The van der Waals surface area contributed by atoms with Crippen molar-refractivity contribution in [1.29, 1.82) is 0 Å². The number of anilines is 2. The van der Waals surface area contributed by atoms with Crippen LogP contribution in [0.1, 0.15) is 31.4 Å². The van der Waals surface area contributed by atoms with Crippen LogP contribution < -0.4 is 10.2 Å². The molecular formula is C21H22N4O3S. The third-order valence-corrected chi connectivity index (χ3v) is 6.25. The van der Waals surface area contributed by atoms with Crippen LogP contribution in [0.15, 0.2) is 53.7 Å². The van der Waals surface area contributed by atoms with E-state index in [2.05, 4.69) is 15.3 Å². The fraction of sp³-hybridized carbons (Fsp3) is 0.286. The van der Waals surface area contributed by atoms with Gasteiger partial charge in [0, 0.05) is 30.3 Å². The molecule has 1 amide bonds. The number of rotatable bonds is 5. The molecule has 3 aromatic rings. The van der Waals surface area contributed by atoms with Crippen LogP contribution in [0.4, 0.5) is 11.5 Å². The van der Waals surface area contributed by atoms with Crippen molar-refractivity contribution in [3.05, 3.63) is 54.4 Å². The average Bonchev–Trinajstić information content (AvgIpc) is 3.13. The molecule has 1 N–H and O–H groups in total. The maximum Gasteiger partial charge on any atom is 0.227 e. The van der Waals surface area contributed by atoms with Crippen molar-refractivity contribution in [2.75, 3.05) is 23.0 Å². The van der Waals surface area contributed by atoms with E-state index in [-0.39, 0.29) is 16.8 Å². The van der Waals surface area contributed by atoms with Crippen LogP contribution in [-0.4, -0.2) is 37.1 Å². The van der Waals surface area contributed by atoms with Gasteiger partial charge in [0.25, 0.3) is 0 Å². The van der Waals surface area contributed by atoms with Crippen LogP contribution in [-0.2, 0) is 14.6 Å². The molecule has 7 nitrogen and oxygen atoms in total. The van der Waals surface area contributed by atoms with Gasteiger partial charge >= 0.3 is 0 Å². The fourth-order valence-electron chi connectivity index (χ4n) is 3.55. The molecule has 1 aromatic heterocycles. The van der Waals surface area contributed by atoms with Gasteiger partial charge in [-0.05, 0) is 49.2 Å². The first kappa shape index (κ1) is 19.3. The second kappa shape index (κ2) is 7.44. The molecule has 2 aromatic carbocycles. The number of benzene rings is 2. The van der Waals surface area contributed by atoms with Gasteiger partial charge in [0.2, 0.25) is 5.91 Å². The number of nitrogens with zero attached hydrogens (tertiary/aromatic N) is 3. The van der Waals surface area contributed by atoms with E-state index in [4.69, 9.17) is 0 Å². The third kappa shape index (κ3) is 3.93. The second-order valence-electron chi connectivity index (χ2n) is 7.28. The minimum absolute atomic E-state index is 0.104. The number of amides is 1. The summed E-state index contributed by atoms with van der Waals surface area (Å²) in [6.45, 7) is 2.74. The number of sulfone groups is 1. The van der Waals surface area contributed by atoms with Gasteiger partial charge < -0.3 is 10.2 Å². The number of fused-ring (bicyclic) bond motifs is 1. The number of nitrogens with one attached hydrogen (secondary N) is 1. The van der Waals surface area contributed by atoms with Crippen LogP contribution >= 0.6 is 0 Å². The Balaban J connectivity index is 1.66. The molecule has 1 unspecified atom stereocenters. The smallest absolute Gasteiger partial charge is 0.227 e. The molecule has 4 rings (SSSR count). The summed E-state index contributed by atoms with van der Waals surface area (Å²) in [5, 5.41) is 4.01. The van der Waals surface area contributed by atoms with E-state index in [0.717, 1.165) is 24.2 Å². The lowest BCUT2D eigenvalue weighted by Crippen LogP contribution is -2.23. The topological polar surface area (TPSA) is 92.3 Å². The molecular weight excluding hydrogens is 388 g/mol. The Kier molecular flexibility index (Phi) is 4.96. The molecule has 0 spiro atoms. The second-order valence-corrected chi connectivity index (χ2v) is 9.30. The largest absolute Gasteiger partial charge is 0.363 e. The van der Waals surface area contributed by atoms with E-state index in [0.29, 0.717) is 23.1 Å². The Bertz CT molecular complexity index is 1190. The van der Waals surface area contributed by atoms with Crippen molar-refractivity contribution in [3.8, 4) is 0 Å². The van der Waals surface area contributed by atoms with Crippen LogP contribution in [0.2, 0.25) is 0 Å². The Morgan fingerprint density at radius 3 is 2.69 bits per heavy atom. The van der Waals surface area contributed by atoms with Gasteiger partial charge in [-0.1, -0.05) is 12.1 Å². The zero-order chi connectivity index (χ0) is 20.6. The summed E-state index contributed by atoms with van der Waals surface area (Å²) in [4.78, 5) is 22.6.